The van der Waals surface area contributed by atoms with Crippen molar-refractivity contribution in [3.63, 3.8) is 0 Å². The number of fused-ring (bicyclic) bond motifs is 1. The Morgan fingerprint density at radius 1 is 1.18 bits per heavy atom. The van der Waals surface area contributed by atoms with Crippen molar-refractivity contribution in [3.8, 4) is 0 Å². The second kappa shape index (κ2) is 10.8. The predicted molar refractivity (Wildman–Crippen MR) is 142 cm³/mol. The maximum Gasteiger partial charge on any atom is 0.224 e. The van der Waals surface area contributed by atoms with E-state index in [1.807, 2.05) is 24.3 Å². The van der Waals surface area contributed by atoms with Gasteiger partial charge in [0.2, 0.25) is 5.91 Å². The second-order valence-electron chi connectivity index (χ2n) is 8.86. The quantitative estimate of drug-likeness (QED) is 0.514. The van der Waals surface area contributed by atoms with E-state index in [0.717, 1.165) is 35.9 Å². The van der Waals surface area contributed by atoms with Crippen LogP contribution >= 0.6 is 11.8 Å². The number of hydrogen-bond acceptors (Lipinski definition) is 7. The number of nitrogens with one attached hydrogen (secondary N) is 2. The summed E-state index contributed by atoms with van der Waals surface area (Å²) in [6.45, 7) is 6.73. The largest absolute Gasteiger partial charge is 0.372 e. The number of benzene rings is 2. The van der Waals surface area contributed by atoms with E-state index in [1.54, 1.807) is 0 Å². The molecule has 9 heteroatoms. The zero-order valence-corrected chi connectivity index (χ0v) is 21.3. The first kappa shape index (κ1) is 24.6. The summed E-state index contributed by atoms with van der Waals surface area (Å²) < 4.78 is 23.4. The molecule has 0 radical (unpaired) electrons. The fourth-order valence-corrected chi connectivity index (χ4v) is 7.96. The highest BCUT2D eigenvalue weighted by Gasteiger charge is 2.42. The van der Waals surface area contributed by atoms with Gasteiger partial charge in [-0.15, -0.1) is 0 Å². The van der Waals surface area contributed by atoms with Crippen LogP contribution in [0, 0.1) is 6.92 Å². The molecular weight excluding hydrogens is 468 g/mol. The summed E-state index contributed by atoms with van der Waals surface area (Å²) >= 11 is 1.50. The van der Waals surface area contributed by atoms with Gasteiger partial charge in [0, 0.05) is 36.3 Å². The number of aliphatic imine (C=N–C) groups is 1. The zero-order chi connectivity index (χ0) is 24.1. The van der Waals surface area contributed by atoms with Crippen molar-refractivity contribution in [1.29, 1.82) is 0 Å². The van der Waals surface area contributed by atoms with Crippen LogP contribution in [0.1, 0.15) is 24.5 Å². The van der Waals surface area contributed by atoms with Crippen LogP contribution in [0.5, 0.6) is 0 Å². The number of carbonyl (C=O) groups excluding carboxylic acids is 1. The highest BCUT2D eigenvalue weighted by atomic mass is 32.2. The third kappa shape index (κ3) is 6.54. The Bertz CT molecular complexity index is 1150. The van der Waals surface area contributed by atoms with E-state index >= 15 is 0 Å². The van der Waals surface area contributed by atoms with Gasteiger partial charge in [0.1, 0.15) is 0 Å². The lowest BCUT2D eigenvalue weighted by Gasteiger charge is -2.23. The number of hydrogen-bond donors (Lipinski definition) is 2. The molecule has 2 unspecified atom stereocenters. The summed E-state index contributed by atoms with van der Waals surface area (Å²) in [4.78, 5) is 19.2. The number of aryl methyl sites for hydroxylation is 1. The summed E-state index contributed by atoms with van der Waals surface area (Å²) in [5, 5.41) is 7.08. The summed E-state index contributed by atoms with van der Waals surface area (Å²) in [6, 6.07) is 16.1. The second-order valence-corrected chi connectivity index (χ2v) is 12.2. The Hall–Kier alpha value is -2.52. The first-order valence-corrected chi connectivity index (χ1v) is 14.4. The van der Waals surface area contributed by atoms with Crippen molar-refractivity contribution in [2.24, 2.45) is 4.99 Å². The van der Waals surface area contributed by atoms with Crippen molar-refractivity contribution in [1.82, 2.24) is 5.32 Å². The fraction of sp³-hybridized carbons (Fsp3) is 0.440. The number of carbonyl (C=O) groups is 1. The van der Waals surface area contributed by atoms with Crippen molar-refractivity contribution in [2.45, 2.75) is 38.0 Å². The molecule has 2 N–H and O–H groups in total. The minimum Gasteiger partial charge on any atom is -0.372 e. The fourth-order valence-electron chi connectivity index (χ4n) is 4.29. The number of nitrogens with zero attached hydrogens (tertiary/aromatic N) is 2. The van der Waals surface area contributed by atoms with E-state index in [4.69, 9.17) is 0 Å². The van der Waals surface area contributed by atoms with Gasteiger partial charge in [-0.3, -0.25) is 9.79 Å². The SMILES string of the molecule is CCN(CCCNC(=O)Cc1ccc(NC2=NC3CS(=O)(=O)CC3S2)cc1)c1cccc(C)c1. The summed E-state index contributed by atoms with van der Waals surface area (Å²) in [6.07, 6.45) is 1.23. The van der Waals surface area contributed by atoms with E-state index in [2.05, 4.69) is 58.6 Å². The Morgan fingerprint density at radius 2 is 1.97 bits per heavy atom. The average molecular weight is 501 g/mol. The molecule has 2 aromatic rings. The van der Waals surface area contributed by atoms with Gasteiger partial charge in [-0.05, 0) is 55.7 Å². The third-order valence-electron chi connectivity index (χ3n) is 6.06. The van der Waals surface area contributed by atoms with Crippen LogP contribution in [0.2, 0.25) is 0 Å². The van der Waals surface area contributed by atoms with Gasteiger partial charge in [0.05, 0.1) is 24.0 Å². The van der Waals surface area contributed by atoms with Crippen LogP contribution in [0.15, 0.2) is 53.5 Å². The number of amides is 1. The van der Waals surface area contributed by atoms with E-state index in [9.17, 15) is 13.2 Å². The van der Waals surface area contributed by atoms with Crippen molar-refractivity contribution in [3.05, 3.63) is 59.7 Å². The molecule has 0 bridgehead atoms. The van der Waals surface area contributed by atoms with Crippen LogP contribution in [-0.4, -0.2) is 61.9 Å². The van der Waals surface area contributed by atoms with Crippen molar-refractivity contribution >= 4 is 44.0 Å². The van der Waals surface area contributed by atoms with Crippen LogP contribution in [0.3, 0.4) is 0 Å². The lowest BCUT2D eigenvalue weighted by molar-refractivity contribution is -0.120. The molecule has 0 saturated carbocycles. The van der Waals surface area contributed by atoms with Crippen LogP contribution in [0.4, 0.5) is 11.4 Å². The molecular formula is C25H32N4O3S2. The van der Waals surface area contributed by atoms with Gasteiger partial charge in [0.15, 0.2) is 15.0 Å². The van der Waals surface area contributed by atoms with Gasteiger partial charge >= 0.3 is 0 Å². The van der Waals surface area contributed by atoms with Crippen LogP contribution in [0.25, 0.3) is 0 Å². The Balaban J connectivity index is 1.18. The monoisotopic (exact) mass is 500 g/mol. The number of thioether (sulfide) groups is 1. The van der Waals surface area contributed by atoms with Gasteiger partial charge in [-0.1, -0.05) is 36.0 Å². The van der Waals surface area contributed by atoms with Crippen LogP contribution < -0.4 is 15.5 Å². The Labute approximate surface area is 206 Å². The van der Waals surface area contributed by atoms with E-state index in [1.165, 1.54) is 23.0 Å². The molecule has 1 saturated heterocycles. The molecule has 1 amide bonds. The first-order valence-electron chi connectivity index (χ1n) is 11.7. The average Bonchev–Trinajstić information content (AvgIpc) is 3.27. The molecule has 1 fully saturated rings. The van der Waals surface area contributed by atoms with Crippen molar-refractivity contribution in [2.75, 3.05) is 41.4 Å². The van der Waals surface area contributed by atoms with E-state index in [0.29, 0.717) is 13.0 Å². The first-order chi connectivity index (χ1) is 16.3. The minimum atomic E-state index is -2.94. The predicted octanol–water partition coefficient (Wildman–Crippen LogP) is 3.25. The summed E-state index contributed by atoms with van der Waals surface area (Å²) in [7, 11) is -2.94. The lowest BCUT2D eigenvalue weighted by Crippen LogP contribution is -2.30. The maximum atomic E-state index is 12.4. The van der Waals surface area contributed by atoms with Gasteiger partial charge in [-0.2, -0.15) is 0 Å². The number of rotatable bonds is 9. The summed E-state index contributed by atoms with van der Waals surface area (Å²) in [5.74, 6) is 0.365. The van der Waals surface area contributed by atoms with Crippen LogP contribution in [-0.2, 0) is 21.1 Å². The summed E-state index contributed by atoms with van der Waals surface area (Å²) in [5.41, 5.74) is 4.30. The molecule has 2 aliphatic heterocycles. The molecule has 4 rings (SSSR count). The lowest BCUT2D eigenvalue weighted by atomic mass is 10.1. The number of anilines is 2. The van der Waals surface area contributed by atoms with Gasteiger partial charge < -0.3 is 15.5 Å². The molecule has 2 aromatic carbocycles. The minimum absolute atomic E-state index is 0.0177. The smallest absolute Gasteiger partial charge is 0.224 e. The molecule has 0 aromatic heterocycles. The normalized spacial score (nSPS) is 20.5. The van der Waals surface area contributed by atoms with E-state index in [-0.39, 0.29) is 28.7 Å². The molecule has 7 nitrogen and oxygen atoms in total. The topological polar surface area (TPSA) is 90.9 Å². The van der Waals surface area contributed by atoms with Gasteiger partial charge in [-0.25, -0.2) is 8.42 Å². The molecule has 182 valence electrons. The Kier molecular flexibility index (Phi) is 7.83. The zero-order valence-electron chi connectivity index (χ0n) is 19.7. The highest BCUT2D eigenvalue weighted by molar-refractivity contribution is 8.15. The maximum absolute atomic E-state index is 12.4. The molecule has 2 atom stereocenters. The molecule has 34 heavy (non-hydrogen) atoms. The van der Waals surface area contributed by atoms with Gasteiger partial charge in [0.25, 0.3) is 0 Å². The number of sulfone groups is 1. The molecule has 0 spiro atoms. The molecule has 0 aliphatic carbocycles. The highest BCUT2D eigenvalue weighted by Crippen LogP contribution is 2.34. The Morgan fingerprint density at radius 3 is 2.68 bits per heavy atom. The van der Waals surface area contributed by atoms with Crippen molar-refractivity contribution < 1.29 is 13.2 Å². The molecule has 2 aliphatic rings. The third-order valence-corrected chi connectivity index (χ3v) is 9.21. The standard InChI is InChI=1S/C25H32N4O3S2/c1-3-29(21-7-4-6-18(2)14-21)13-5-12-26-24(30)15-19-8-10-20(11-9-19)27-25-28-22-16-34(31,32)17-23(22)33-25/h4,6-11,14,22-23H,3,5,12-13,15-17H2,1-2H3,(H,26,30)(H,27,28). The van der Waals surface area contributed by atoms with E-state index < -0.39 is 9.84 Å². The number of amidine groups is 1. The molecule has 2 heterocycles.